The smallest absolute Gasteiger partial charge is 0.480 e. The summed E-state index contributed by atoms with van der Waals surface area (Å²) in [5.41, 5.74) is 1.89. The fraction of sp³-hybridized carbons (Fsp3) is 0.417. The third-order valence-corrected chi connectivity index (χ3v) is 6.06. The van der Waals surface area contributed by atoms with Crippen LogP contribution in [0, 0.1) is 0 Å². The second-order valence-corrected chi connectivity index (χ2v) is 8.98. The number of aryl methyl sites for hydroxylation is 1. The number of amides is 1. The zero-order valence-electron chi connectivity index (χ0n) is 18.6. The SMILES string of the molecule is CC1(C)OB(c2ccc(C[C@H](NC(=O)CCc3ccccc3)C(=O)O)cc2)OC1(C)C. The van der Waals surface area contributed by atoms with Crippen LogP contribution in [0.1, 0.15) is 45.2 Å². The summed E-state index contributed by atoms with van der Waals surface area (Å²) in [7, 11) is -0.466. The van der Waals surface area contributed by atoms with Crippen LogP contribution < -0.4 is 10.8 Å². The molecule has 2 aromatic carbocycles. The minimum atomic E-state index is -1.05. The third kappa shape index (κ3) is 5.74. The van der Waals surface area contributed by atoms with E-state index in [-0.39, 0.29) is 18.7 Å². The Balaban J connectivity index is 1.58. The molecule has 6 nitrogen and oxygen atoms in total. The number of carbonyl (C=O) groups is 2. The Morgan fingerprint density at radius 3 is 2.06 bits per heavy atom. The Bertz CT molecular complexity index is 895. The van der Waals surface area contributed by atoms with Crippen LogP contribution in [0.3, 0.4) is 0 Å². The number of hydrogen-bond acceptors (Lipinski definition) is 4. The van der Waals surface area contributed by atoms with Crippen molar-refractivity contribution in [1.29, 1.82) is 0 Å². The molecular weight excluding hydrogens is 393 g/mol. The Hall–Kier alpha value is -2.64. The number of rotatable bonds is 8. The molecule has 1 aliphatic heterocycles. The van der Waals surface area contributed by atoms with Gasteiger partial charge in [-0.15, -0.1) is 0 Å². The van der Waals surface area contributed by atoms with Gasteiger partial charge in [-0.25, -0.2) is 4.79 Å². The first kappa shape index (κ1) is 23.0. The highest BCUT2D eigenvalue weighted by Crippen LogP contribution is 2.36. The van der Waals surface area contributed by atoms with Gasteiger partial charge in [0.1, 0.15) is 6.04 Å². The first-order chi connectivity index (χ1) is 14.6. The molecule has 1 amide bonds. The summed E-state index contributed by atoms with van der Waals surface area (Å²) in [6, 6.07) is 16.1. The molecule has 3 rings (SSSR count). The quantitative estimate of drug-likeness (QED) is 0.638. The maximum atomic E-state index is 12.3. The van der Waals surface area contributed by atoms with Gasteiger partial charge in [0, 0.05) is 12.8 Å². The van der Waals surface area contributed by atoms with Crippen LogP contribution in [-0.2, 0) is 31.7 Å². The molecule has 0 aliphatic carbocycles. The lowest BCUT2D eigenvalue weighted by molar-refractivity contribution is -0.141. The van der Waals surface area contributed by atoms with E-state index in [1.165, 1.54) is 0 Å². The molecule has 1 fully saturated rings. The molecule has 0 radical (unpaired) electrons. The molecule has 1 heterocycles. The molecule has 0 saturated carbocycles. The summed E-state index contributed by atoms with van der Waals surface area (Å²) in [4.78, 5) is 23.9. The molecule has 31 heavy (non-hydrogen) atoms. The standard InChI is InChI=1S/C24H30BNO5/c1-23(2)24(3,4)31-25(30-23)19-13-10-18(11-14-19)16-20(22(28)29)26-21(27)15-12-17-8-6-5-7-9-17/h5-11,13-14,20H,12,15-16H2,1-4H3,(H,26,27)(H,28,29)/t20-/m0/s1. The van der Waals surface area contributed by atoms with E-state index in [0.717, 1.165) is 16.6 Å². The van der Waals surface area contributed by atoms with Crippen molar-refractivity contribution < 1.29 is 24.0 Å². The average molecular weight is 423 g/mol. The maximum absolute atomic E-state index is 12.3. The topological polar surface area (TPSA) is 84.9 Å². The highest BCUT2D eigenvalue weighted by Gasteiger charge is 2.51. The predicted molar refractivity (Wildman–Crippen MR) is 120 cm³/mol. The molecule has 1 atom stereocenters. The van der Waals surface area contributed by atoms with E-state index < -0.39 is 30.3 Å². The molecule has 7 heteroatoms. The van der Waals surface area contributed by atoms with E-state index in [2.05, 4.69) is 5.32 Å². The largest absolute Gasteiger partial charge is 0.494 e. The van der Waals surface area contributed by atoms with Crippen LogP contribution in [0.2, 0.25) is 0 Å². The summed E-state index contributed by atoms with van der Waals surface area (Å²) in [6.45, 7) is 8.00. The zero-order chi connectivity index (χ0) is 22.6. The van der Waals surface area contributed by atoms with E-state index in [9.17, 15) is 14.7 Å². The van der Waals surface area contributed by atoms with Crippen molar-refractivity contribution in [3.63, 3.8) is 0 Å². The summed E-state index contributed by atoms with van der Waals surface area (Å²) >= 11 is 0. The number of aliphatic carboxylic acids is 1. The third-order valence-electron chi connectivity index (χ3n) is 6.06. The highest BCUT2D eigenvalue weighted by atomic mass is 16.7. The predicted octanol–water partition coefficient (Wildman–Crippen LogP) is 2.73. The summed E-state index contributed by atoms with van der Waals surface area (Å²) < 4.78 is 12.1. The second kappa shape index (κ2) is 9.24. The molecule has 0 unspecified atom stereocenters. The van der Waals surface area contributed by atoms with E-state index in [1.807, 2.05) is 82.3 Å². The molecule has 1 saturated heterocycles. The highest BCUT2D eigenvalue weighted by molar-refractivity contribution is 6.62. The van der Waals surface area contributed by atoms with Crippen LogP contribution in [0.15, 0.2) is 54.6 Å². The van der Waals surface area contributed by atoms with Crippen LogP contribution >= 0.6 is 0 Å². The number of carboxylic acid groups (broad SMARTS) is 1. The lowest BCUT2D eigenvalue weighted by atomic mass is 9.78. The van der Waals surface area contributed by atoms with Crippen LogP contribution in [0.25, 0.3) is 0 Å². The minimum absolute atomic E-state index is 0.204. The second-order valence-electron chi connectivity index (χ2n) is 8.98. The van der Waals surface area contributed by atoms with Gasteiger partial charge in [0.2, 0.25) is 5.91 Å². The molecule has 2 aromatic rings. The molecule has 164 valence electrons. The zero-order valence-corrected chi connectivity index (χ0v) is 18.6. The Morgan fingerprint density at radius 2 is 1.52 bits per heavy atom. The molecule has 0 spiro atoms. The van der Waals surface area contributed by atoms with E-state index in [1.54, 1.807) is 0 Å². The normalized spacial score (nSPS) is 17.9. The monoisotopic (exact) mass is 423 g/mol. The van der Waals surface area contributed by atoms with Crippen LogP contribution in [-0.4, -0.2) is 41.3 Å². The van der Waals surface area contributed by atoms with Gasteiger partial charge >= 0.3 is 13.1 Å². The van der Waals surface area contributed by atoms with Crippen molar-refractivity contribution in [1.82, 2.24) is 5.32 Å². The summed E-state index contributed by atoms with van der Waals surface area (Å²) in [6.07, 6.45) is 1.02. The van der Waals surface area contributed by atoms with Gasteiger partial charge in [0.05, 0.1) is 11.2 Å². The summed E-state index contributed by atoms with van der Waals surface area (Å²) in [5.74, 6) is -1.33. The lowest BCUT2D eigenvalue weighted by Crippen LogP contribution is -2.42. The summed E-state index contributed by atoms with van der Waals surface area (Å²) in [5, 5.41) is 12.2. The fourth-order valence-corrected chi connectivity index (χ4v) is 3.39. The van der Waals surface area contributed by atoms with Crippen molar-refractivity contribution in [2.75, 3.05) is 0 Å². The van der Waals surface area contributed by atoms with E-state index in [4.69, 9.17) is 9.31 Å². The Labute approximate surface area is 184 Å². The molecular formula is C24H30BNO5. The Kier molecular flexibility index (Phi) is 6.87. The van der Waals surface area contributed by atoms with Crippen molar-refractivity contribution in [2.45, 2.75) is 64.2 Å². The van der Waals surface area contributed by atoms with Gasteiger partial charge in [-0.3, -0.25) is 4.79 Å². The van der Waals surface area contributed by atoms with Crippen molar-refractivity contribution in [3.8, 4) is 0 Å². The number of benzene rings is 2. The van der Waals surface area contributed by atoms with Gasteiger partial charge in [-0.1, -0.05) is 54.6 Å². The number of carboxylic acids is 1. The van der Waals surface area contributed by atoms with Gasteiger partial charge in [0.15, 0.2) is 0 Å². The van der Waals surface area contributed by atoms with Crippen molar-refractivity contribution in [3.05, 3.63) is 65.7 Å². The fourth-order valence-electron chi connectivity index (χ4n) is 3.39. The van der Waals surface area contributed by atoms with Crippen molar-refractivity contribution >= 4 is 24.5 Å². The van der Waals surface area contributed by atoms with E-state index in [0.29, 0.717) is 6.42 Å². The first-order valence-electron chi connectivity index (χ1n) is 10.6. The molecule has 0 bridgehead atoms. The van der Waals surface area contributed by atoms with Gasteiger partial charge in [0.25, 0.3) is 0 Å². The van der Waals surface area contributed by atoms with Crippen molar-refractivity contribution in [2.24, 2.45) is 0 Å². The maximum Gasteiger partial charge on any atom is 0.494 e. The molecule has 2 N–H and O–H groups in total. The van der Waals surface area contributed by atoms with Gasteiger partial charge in [-0.2, -0.15) is 0 Å². The molecule has 0 aromatic heterocycles. The lowest BCUT2D eigenvalue weighted by Gasteiger charge is -2.32. The van der Waals surface area contributed by atoms with Gasteiger partial charge < -0.3 is 19.7 Å². The number of carbonyl (C=O) groups excluding carboxylic acids is 1. The van der Waals surface area contributed by atoms with Crippen LogP contribution in [0.5, 0.6) is 0 Å². The first-order valence-corrected chi connectivity index (χ1v) is 10.6. The Morgan fingerprint density at radius 1 is 0.935 bits per heavy atom. The molecule has 1 aliphatic rings. The average Bonchev–Trinajstić information content (AvgIpc) is 2.94. The van der Waals surface area contributed by atoms with Gasteiger partial charge in [-0.05, 0) is 50.7 Å². The number of hydrogen-bond donors (Lipinski definition) is 2. The minimum Gasteiger partial charge on any atom is -0.480 e. The van der Waals surface area contributed by atoms with Crippen LogP contribution in [0.4, 0.5) is 0 Å². The number of nitrogens with one attached hydrogen (secondary N) is 1. The van der Waals surface area contributed by atoms with E-state index >= 15 is 0 Å².